The molecule has 3 aromatic carbocycles. The third kappa shape index (κ3) is 6.10. The molecule has 31 heavy (non-hydrogen) atoms. The summed E-state index contributed by atoms with van der Waals surface area (Å²) in [6.07, 6.45) is 4.88. The molecule has 0 aliphatic carbocycles. The van der Waals surface area contributed by atoms with Crippen molar-refractivity contribution in [1.29, 1.82) is 0 Å². The van der Waals surface area contributed by atoms with Crippen molar-refractivity contribution in [2.24, 2.45) is 0 Å². The van der Waals surface area contributed by atoms with Gasteiger partial charge in [-0.05, 0) is 18.2 Å². The molecule has 0 fully saturated rings. The molecule has 0 spiro atoms. The largest absolute Gasteiger partial charge is 0.754 e. The van der Waals surface area contributed by atoms with Crippen LogP contribution in [0.1, 0.15) is 16.7 Å². The highest BCUT2D eigenvalue weighted by molar-refractivity contribution is 6.35. The minimum Gasteiger partial charge on any atom is -0.347 e. The van der Waals surface area contributed by atoms with E-state index in [4.69, 9.17) is 29.1 Å². The van der Waals surface area contributed by atoms with Gasteiger partial charge in [-0.2, -0.15) is 14.4 Å². The Hall–Kier alpha value is -3.78. The van der Waals surface area contributed by atoms with Gasteiger partial charge in [-0.25, -0.2) is 0 Å². The minimum absolute atomic E-state index is 0.410. The molecule has 0 saturated heterocycles. The number of rotatable bonds is 12. The summed E-state index contributed by atoms with van der Waals surface area (Å²) < 4.78 is 0. The first-order valence-electron chi connectivity index (χ1n) is 9.39. The van der Waals surface area contributed by atoms with Crippen LogP contribution in [-0.4, -0.2) is 7.32 Å². The van der Waals surface area contributed by atoms with Crippen LogP contribution in [0.15, 0.2) is 92.5 Å². The lowest BCUT2D eigenvalue weighted by Crippen LogP contribution is -2.32. The molecule has 0 radical (unpaired) electrons. The van der Waals surface area contributed by atoms with Crippen molar-refractivity contribution in [3.05, 3.63) is 109 Å². The Morgan fingerprint density at radius 2 is 0.774 bits per heavy atom. The lowest BCUT2D eigenvalue weighted by molar-refractivity contribution is -0.263. The van der Waals surface area contributed by atoms with Crippen LogP contribution in [0.25, 0.3) is 18.2 Å². The van der Waals surface area contributed by atoms with Crippen molar-refractivity contribution < 1.29 is 29.1 Å². The number of hydrogen-bond acceptors (Lipinski definition) is 6. The van der Waals surface area contributed by atoms with Gasteiger partial charge in [0.05, 0.1) is 0 Å². The van der Waals surface area contributed by atoms with Crippen LogP contribution in [0.2, 0.25) is 0 Å². The first-order chi connectivity index (χ1) is 15.2. The molecule has 0 aliphatic rings. The van der Waals surface area contributed by atoms with Crippen LogP contribution in [0.4, 0.5) is 0 Å². The van der Waals surface area contributed by atoms with Crippen molar-refractivity contribution in [1.82, 2.24) is 0 Å². The molecule has 7 heteroatoms. The molecule has 0 heterocycles. The molecular formula is C24H21BO6. The van der Waals surface area contributed by atoms with Crippen molar-refractivity contribution in [2.45, 2.75) is 0 Å². The highest BCUT2D eigenvalue weighted by atomic mass is 17.3. The molecule has 0 saturated carbocycles. The zero-order chi connectivity index (χ0) is 21.9. The summed E-state index contributed by atoms with van der Waals surface area (Å²) in [4.78, 5) is 31.9. The third-order valence-corrected chi connectivity index (χ3v) is 4.07. The SMILES string of the molecule is C=Cc1ccccc1OOB(OOc1ccccc1C=C)OOc1ccccc1C=C. The van der Waals surface area contributed by atoms with Gasteiger partial charge in [0.2, 0.25) is 0 Å². The normalized spacial score (nSPS) is 10.1. The second kappa shape index (κ2) is 11.4. The molecule has 156 valence electrons. The van der Waals surface area contributed by atoms with E-state index in [1.54, 1.807) is 54.6 Å². The Balaban J connectivity index is 1.71. The quantitative estimate of drug-likeness (QED) is 0.207. The van der Waals surface area contributed by atoms with E-state index in [9.17, 15) is 0 Å². The van der Waals surface area contributed by atoms with Gasteiger partial charge in [0, 0.05) is 16.7 Å². The number of benzene rings is 3. The smallest absolute Gasteiger partial charge is 0.347 e. The molecule has 0 bridgehead atoms. The molecule has 0 unspecified atom stereocenters. The monoisotopic (exact) mass is 416 g/mol. The molecule has 0 N–H and O–H groups in total. The fourth-order valence-corrected chi connectivity index (χ4v) is 2.50. The summed E-state index contributed by atoms with van der Waals surface area (Å²) in [6, 6.07) is 21.5. The van der Waals surface area contributed by atoms with Crippen molar-refractivity contribution in [3.8, 4) is 17.2 Å². The molecule has 0 aliphatic heterocycles. The second-order valence-corrected chi connectivity index (χ2v) is 6.05. The summed E-state index contributed by atoms with van der Waals surface area (Å²) in [6.45, 7) is 11.2. The minimum atomic E-state index is -1.51. The maximum absolute atomic E-state index is 5.36. The van der Waals surface area contributed by atoms with Crippen LogP contribution in [-0.2, 0) is 14.4 Å². The number of hydrogen-bond donors (Lipinski definition) is 0. The summed E-state index contributed by atoms with van der Waals surface area (Å²) in [5.41, 5.74) is 2.16. The summed E-state index contributed by atoms with van der Waals surface area (Å²) in [5, 5.41) is 0. The Morgan fingerprint density at radius 3 is 1.06 bits per heavy atom. The zero-order valence-corrected chi connectivity index (χ0v) is 16.8. The van der Waals surface area contributed by atoms with Crippen LogP contribution < -0.4 is 14.7 Å². The van der Waals surface area contributed by atoms with Crippen molar-refractivity contribution in [2.75, 3.05) is 0 Å². The Morgan fingerprint density at radius 1 is 0.484 bits per heavy atom. The van der Waals surface area contributed by atoms with Gasteiger partial charge < -0.3 is 14.7 Å². The van der Waals surface area contributed by atoms with E-state index >= 15 is 0 Å². The van der Waals surface area contributed by atoms with Crippen molar-refractivity contribution >= 4 is 25.5 Å². The highest BCUT2D eigenvalue weighted by Gasteiger charge is 2.31. The Bertz CT molecular complexity index is 904. The summed E-state index contributed by atoms with van der Waals surface area (Å²) >= 11 is 0. The zero-order valence-electron chi connectivity index (χ0n) is 16.8. The number of para-hydroxylation sites is 3. The molecule has 6 nitrogen and oxygen atoms in total. The van der Waals surface area contributed by atoms with E-state index in [1.165, 1.54) is 0 Å². The van der Waals surface area contributed by atoms with Gasteiger partial charge >= 0.3 is 7.32 Å². The lowest BCUT2D eigenvalue weighted by Gasteiger charge is -2.15. The maximum Gasteiger partial charge on any atom is 0.754 e. The third-order valence-electron chi connectivity index (χ3n) is 4.07. The summed E-state index contributed by atoms with van der Waals surface area (Å²) in [7, 11) is -1.51. The van der Waals surface area contributed by atoms with E-state index in [0.717, 1.165) is 16.7 Å². The van der Waals surface area contributed by atoms with Gasteiger partial charge in [-0.3, -0.25) is 0 Å². The van der Waals surface area contributed by atoms with E-state index in [0.29, 0.717) is 17.2 Å². The first kappa shape index (κ1) is 21.9. The van der Waals surface area contributed by atoms with E-state index < -0.39 is 7.32 Å². The summed E-state index contributed by atoms with van der Waals surface area (Å²) in [5.74, 6) is 1.23. The van der Waals surface area contributed by atoms with Crippen molar-refractivity contribution in [3.63, 3.8) is 0 Å². The molecular weight excluding hydrogens is 395 g/mol. The van der Waals surface area contributed by atoms with E-state index in [-0.39, 0.29) is 0 Å². The molecule has 3 aromatic rings. The maximum atomic E-state index is 5.36. The standard InChI is InChI=1S/C24H21BO6/c1-4-19-13-7-10-16-22(19)26-29-25(30-27-23-17-11-8-14-20(23)5-2)31-28-24-18-12-9-15-21(24)6-3/h4-18H,1-3H2. The molecule has 0 amide bonds. The Kier molecular flexibility index (Phi) is 8.08. The van der Waals surface area contributed by atoms with Gasteiger partial charge in [0.1, 0.15) is 0 Å². The van der Waals surface area contributed by atoms with Gasteiger partial charge in [-0.1, -0.05) is 92.6 Å². The predicted molar refractivity (Wildman–Crippen MR) is 120 cm³/mol. The van der Waals surface area contributed by atoms with Crippen LogP contribution >= 0.6 is 0 Å². The Labute approximate surface area is 181 Å². The fraction of sp³-hybridized carbons (Fsp3) is 0. The average molecular weight is 416 g/mol. The molecule has 0 aromatic heterocycles. The predicted octanol–water partition coefficient (Wildman–Crippen LogP) is 5.93. The van der Waals surface area contributed by atoms with Crippen LogP contribution in [0, 0.1) is 0 Å². The lowest BCUT2D eigenvalue weighted by atomic mass is 10.2. The fourth-order valence-electron chi connectivity index (χ4n) is 2.50. The first-order valence-corrected chi connectivity index (χ1v) is 9.39. The van der Waals surface area contributed by atoms with E-state index in [1.807, 2.05) is 36.4 Å². The van der Waals surface area contributed by atoms with Gasteiger partial charge in [0.25, 0.3) is 0 Å². The van der Waals surface area contributed by atoms with Crippen LogP contribution in [0.3, 0.4) is 0 Å². The molecule has 0 atom stereocenters. The van der Waals surface area contributed by atoms with Crippen LogP contribution in [0.5, 0.6) is 17.2 Å². The van der Waals surface area contributed by atoms with Gasteiger partial charge in [-0.15, -0.1) is 0 Å². The highest BCUT2D eigenvalue weighted by Crippen LogP contribution is 2.23. The average Bonchev–Trinajstić information content (AvgIpc) is 2.84. The topological polar surface area (TPSA) is 55.4 Å². The molecule has 3 rings (SSSR count). The van der Waals surface area contributed by atoms with E-state index in [2.05, 4.69) is 19.7 Å². The van der Waals surface area contributed by atoms with Gasteiger partial charge in [0.15, 0.2) is 17.2 Å². The second-order valence-electron chi connectivity index (χ2n) is 6.05.